The van der Waals surface area contributed by atoms with Crippen LogP contribution in [0.5, 0.6) is 0 Å². The van der Waals surface area contributed by atoms with E-state index in [9.17, 15) is 4.79 Å². The first-order valence-corrected chi connectivity index (χ1v) is 10.5. The summed E-state index contributed by atoms with van der Waals surface area (Å²) >= 11 is 0. The van der Waals surface area contributed by atoms with Crippen molar-refractivity contribution in [1.82, 2.24) is 14.6 Å². The van der Waals surface area contributed by atoms with Gasteiger partial charge in [-0.3, -0.25) is 4.79 Å². The molecular formula is C25H28N4O. The zero-order chi connectivity index (χ0) is 21.4. The molecule has 30 heavy (non-hydrogen) atoms. The molecule has 0 spiro atoms. The monoisotopic (exact) mass is 400 g/mol. The van der Waals surface area contributed by atoms with Gasteiger partial charge in [-0.05, 0) is 61.9 Å². The molecule has 0 aliphatic heterocycles. The maximum absolute atomic E-state index is 12.8. The molecule has 0 unspecified atom stereocenters. The third-order valence-electron chi connectivity index (χ3n) is 5.81. The Morgan fingerprint density at radius 3 is 2.60 bits per heavy atom. The number of aromatic nitrogens is 3. The van der Waals surface area contributed by atoms with E-state index in [1.807, 2.05) is 54.8 Å². The average Bonchev–Trinajstić information content (AvgIpc) is 3.08. The van der Waals surface area contributed by atoms with Crippen molar-refractivity contribution in [1.29, 1.82) is 0 Å². The number of anilines is 1. The molecule has 2 heterocycles. The molecule has 0 radical (unpaired) electrons. The Labute approximate surface area is 177 Å². The van der Waals surface area contributed by atoms with Crippen molar-refractivity contribution in [2.24, 2.45) is 0 Å². The summed E-state index contributed by atoms with van der Waals surface area (Å²) in [4.78, 5) is 17.6. The molecule has 0 aliphatic carbocycles. The van der Waals surface area contributed by atoms with E-state index in [-0.39, 0.29) is 5.91 Å². The van der Waals surface area contributed by atoms with Gasteiger partial charge in [0.15, 0.2) is 5.65 Å². The molecule has 0 saturated heterocycles. The van der Waals surface area contributed by atoms with Crippen LogP contribution < -0.4 is 5.32 Å². The lowest BCUT2D eigenvalue weighted by molar-refractivity contribution is -0.116. The normalized spacial score (nSPS) is 11.5. The van der Waals surface area contributed by atoms with Crippen LogP contribution in [-0.2, 0) is 11.2 Å². The van der Waals surface area contributed by atoms with E-state index < -0.39 is 0 Å². The summed E-state index contributed by atoms with van der Waals surface area (Å²) in [5.41, 5.74) is 8.09. The van der Waals surface area contributed by atoms with Crippen molar-refractivity contribution in [3.63, 3.8) is 0 Å². The fourth-order valence-corrected chi connectivity index (χ4v) is 4.12. The minimum absolute atomic E-state index is 0.0238. The molecule has 154 valence electrons. The summed E-state index contributed by atoms with van der Waals surface area (Å²) in [6, 6.07) is 14.2. The number of hydrogen-bond acceptors (Lipinski definition) is 3. The Balaban J connectivity index is 1.58. The molecular weight excluding hydrogens is 372 g/mol. The van der Waals surface area contributed by atoms with E-state index in [1.165, 1.54) is 5.56 Å². The number of hydrogen-bond donors (Lipinski definition) is 1. The molecule has 2 aromatic heterocycles. The Morgan fingerprint density at radius 2 is 1.83 bits per heavy atom. The molecule has 4 rings (SSSR count). The summed E-state index contributed by atoms with van der Waals surface area (Å²) in [6.45, 7) is 10.4. The van der Waals surface area contributed by atoms with E-state index in [2.05, 4.69) is 32.2 Å². The first-order chi connectivity index (χ1) is 14.4. The van der Waals surface area contributed by atoms with Gasteiger partial charge in [0, 0.05) is 28.9 Å². The highest BCUT2D eigenvalue weighted by Gasteiger charge is 2.16. The Kier molecular flexibility index (Phi) is 5.29. The molecule has 1 N–H and O–H groups in total. The second-order valence-corrected chi connectivity index (χ2v) is 8.26. The highest BCUT2D eigenvalue weighted by Crippen LogP contribution is 2.28. The van der Waals surface area contributed by atoms with Crippen molar-refractivity contribution >= 4 is 28.1 Å². The second kappa shape index (κ2) is 7.90. The molecule has 1 amide bonds. The molecule has 4 aromatic rings. The van der Waals surface area contributed by atoms with Gasteiger partial charge in [-0.15, -0.1) is 0 Å². The van der Waals surface area contributed by atoms with Crippen LogP contribution >= 0.6 is 0 Å². The second-order valence-electron chi connectivity index (χ2n) is 8.26. The van der Waals surface area contributed by atoms with Crippen molar-refractivity contribution in [3.05, 3.63) is 70.5 Å². The standard InChI is InChI=1S/C25H28N4O/c1-15(2)19-11-8-9-16(3)24(19)27-23(30)14-13-20-17(4)26-25-21-10-6-7-12-22(21)28-29(25)18(20)5/h6-12,15H,13-14H2,1-5H3,(H,27,30). The number of nitrogens with zero attached hydrogens (tertiary/aromatic N) is 3. The van der Waals surface area contributed by atoms with Gasteiger partial charge in [-0.25, -0.2) is 9.50 Å². The molecule has 5 nitrogen and oxygen atoms in total. The number of fused-ring (bicyclic) bond motifs is 3. The topological polar surface area (TPSA) is 59.3 Å². The Bertz CT molecular complexity index is 1250. The highest BCUT2D eigenvalue weighted by molar-refractivity contribution is 5.93. The van der Waals surface area contributed by atoms with E-state index in [4.69, 9.17) is 10.1 Å². The van der Waals surface area contributed by atoms with Crippen LogP contribution in [0.15, 0.2) is 42.5 Å². The summed E-state index contributed by atoms with van der Waals surface area (Å²) in [5.74, 6) is 0.376. The first-order valence-electron chi connectivity index (χ1n) is 10.5. The van der Waals surface area contributed by atoms with Crippen molar-refractivity contribution in [3.8, 4) is 0 Å². The maximum atomic E-state index is 12.8. The van der Waals surface area contributed by atoms with Crippen LogP contribution in [0.3, 0.4) is 0 Å². The minimum Gasteiger partial charge on any atom is -0.326 e. The van der Waals surface area contributed by atoms with Crippen LogP contribution in [0.25, 0.3) is 16.6 Å². The highest BCUT2D eigenvalue weighted by atomic mass is 16.1. The molecule has 2 aromatic carbocycles. The predicted molar refractivity (Wildman–Crippen MR) is 122 cm³/mol. The van der Waals surface area contributed by atoms with Crippen LogP contribution in [0.4, 0.5) is 5.69 Å². The lowest BCUT2D eigenvalue weighted by Gasteiger charge is -2.17. The van der Waals surface area contributed by atoms with Gasteiger partial charge >= 0.3 is 0 Å². The van der Waals surface area contributed by atoms with Crippen LogP contribution in [0.2, 0.25) is 0 Å². The Hall–Kier alpha value is -3.21. The number of carbonyl (C=O) groups excluding carboxylic acids is 1. The first kappa shape index (κ1) is 20.1. The van der Waals surface area contributed by atoms with Crippen molar-refractivity contribution < 1.29 is 4.79 Å². The van der Waals surface area contributed by atoms with Gasteiger partial charge in [0.05, 0.1) is 5.52 Å². The molecule has 0 aliphatic rings. The van der Waals surface area contributed by atoms with Gasteiger partial charge in [-0.2, -0.15) is 5.10 Å². The average molecular weight is 401 g/mol. The molecule has 5 heteroatoms. The summed E-state index contributed by atoms with van der Waals surface area (Å²) < 4.78 is 1.91. The quantitative estimate of drug-likeness (QED) is 0.481. The van der Waals surface area contributed by atoms with Gasteiger partial charge in [0.25, 0.3) is 0 Å². The lowest BCUT2D eigenvalue weighted by atomic mass is 9.98. The number of rotatable bonds is 5. The molecule has 0 fully saturated rings. The third kappa shape index (κ3) is 3.56. The predicted octanol–water partition coefficient (Wildman–Crippen LogP) is 5.50. The zero-order valence-electron chi connectivity index (χ0n) is 18.3. The van der Waals surface area contributed by atoms with Crippen LogP contribution in [0, 0.1) is 20.8 Å². The fraction of sp³-hybridized carbons (Fsp3) is 0.320. The number of amides is 1. The summed E-state index contributed by atoms with van der Waals surface area (Å²) in [7, 11) is 0. The van der Waals surface area contributed by atoms with Crippen molar-refractivity contribution in [2.45, 2.75) is 53.4 Å². The summed E-state index contributed by atoms with van der Waals surface area (Å²) in [5, 5.41) is 8.90. The van der Waals surface area contributed by atoms with E-state index >= 15 is 0 Å². The van der Waals surface area contributed by atoms with Gasteiger partial charge in [0.1, 0.15) is 0 Å². The number of para-hydroxylation sites is 1. The fourth-order valence-electron chi connectivity index (χ4n) is 4.12. The molecule has 0 atom stereocenters. The van der Waals surface area contributed by atoms with Crippen LogP contribution in [-0.4, -0.2) is 20.5 Å². The van der Waals surface area contributed by atoms with E-state index in [0.717, 1.165) is 44.8 Å². The SMILES string of the molecule is Cc1cccc(C(C)C)c1NC(=O)CCc1c(C)nc2c3ccccc3nn2c1C. The molecule has 0 bridgehead atoms. The minimum atomic E-state index is 0.0238. The third-order valence-corrected chi connectivity index (χ3v) is 5.81. The van der Waals surface area contributed by atoms with Gasteiger partial charge in [-0.1, -0.05) is 44.2 Å². The Morgan fingerprint density at radius 1 is 1.07 bits per heavy atom. The van der Waals surface area contributed by atoms with Crippen LogP contribution in [0.1, 0.15) is 54.3 Å². The smallest absolute Gasteiger partial charge is 0.224 e. The van der Waals surface area contributed by atoms with Gasteiger partial charge < -0.3 is 5.32 Å². The number of nitrogens with one attached hydrogen (secondary N) is 1. The number of benzene rings is 2. The van der Waals surface area contributed by atoms with Crippen molar-refractivity contribution in [2.75, 3.05) is 5.32 Å². The number of aryl methyl sites for hydroxylation is 3. The van der Waals surface area contributed by atoms with E-state index in [0.29, 0.717) is 18.8 Å². The summed E-state index contributed by atoms with van der Waals surface area (Å²) in [6.07, 6.45) is 1.03. The number of carbonyl (C=O) groups is 1. The zero-order valence-corrected chi connectivity index (χ0v) is 18.3. The lowest BCUT2D eigenvalue weighted by Crippen LogP contribution is -2.16. The van der Waals surface area contributed by atoms with Gasteiger partial charge in [0.2, 0.25) is 5.91 Å². The largest absolute Gasteiger partial charge is 0.326 e. The molecule has 0 saturated carbocycles. The maximum Gasteiger partial charge on any atom is 0.224 e. The van der Waals surface area contributed by atoms with E-state index in [1.54, 1.807) is 0 Å².